The molecule has 0 N–H and O–H groups in total. The molecule has 75 valence electrons. The molecule has 0 aromatic rings. The third-order valence-corrected chi connectivity index (χ3v) is 6.47. The first-order valence-corrected chi connectivity index (χ1v) is 6.91. The van der Waals surface area contributed by atoms with Gasteiger partial charge in [-0.15, -0.1) is 0 Å². The average Bonchev–Trinajstić information content (AvgIpc) is 1.82. The van der Waals surface area contributed by atoms with Crippen LogP contribution < -0.4 is 0 Å². The van der Waals surface area contributed by atoms with E-state index in [0.717, 1.165) is 0 Å². The van der Waals surface area contributed by atoms with Crippen molar-refractivity contribution in [1.29, 1.82) is 0 Å². The van der Waals surface area contributed by atoms with E-state index in [2.05, 4.69) is 0 Å². The first kappa shape index (κ1) is 13.2. The van der Waals surface area contributed by atoms with E-state index in [1.165, 1.54) is 0 Å². The van der Waals surface area contributed by atoms with Gasteiger partial charge in [0.2, 0.25) is 0 Å². The van der Waals surface area contributed by atoms with Crippen LogP contribution in [0.4, 0.5) is 0 Å². The molecule has 0 aromatic heterocycles. The Hall–Kier alpha value is 0.158. The van der Waals surface area contributed by atoms with Gasteiger partial charge >= 0.3 is 91.0 Å². The Kier molecular flexibility index (Phi) is 4.17. The Bertz CT molecular complexity index is 194. The van der Waals surface area contributed by atoms with E-state index in [0.29, 0.717) is 0 Å². The molecule has 0 aliphatic rings. The first-order valence-electron chi connectivity index (χ1n) is 4.36. The molecule has 0 bridgehead atoms. The quantitative estimate of drug-likeness (QED) is 0.728. The van der Waals surface area contributed by atoms with Gasteiger partial charge in [-0.1, -0.05) is 0 Å². The van der Waals surface area contributed by atoms with Crippen LogP contribution in [-0.4, -0.2) is 29.1 Å². The van der Waals surface area contributed by atoms with Crippen molar-refractivity contribution in [2.75, 3.05) is 0 Å². The van der Waals surface area contributed by atoms with Crippen molar-refractivity contribution in [1.82, 2.24) is 0 Å². The van der Waals surface area contributed by atoms with E-state index in [-0.39, 0.29) is 18.3 Å². The van der Waals surface area contributed by atoms with Crippen LogP contribution in [0.1, 0.15) is 41.5 Å². The standard InChI is InChI=1S/2C5H9O.Sb/c2*1-5(2,3)4-6;/h2*1-3H3;. The molecule has 0 saturated carbocycles. The van der Waals surface area contributed by atoms with Gasteiger partial charge in [-0.2, -0.15) is 0 Å². The molecule has 3 heteroatoms. The second-order valence-corrected chi connectivity index (χ2v) is 8.18. The fourth-order valence-electron chi connectivity index (χ4n) is 0.428. The summed E-state index contributed by atoms with van der Waals surface area (Å²) in [5, 5.41) is 0. The Morgan fingerprint density at radius 2 is 1.00 bits per heavy atom. The number of hydrogen-bond donors (Lipinski definition) is 0. The van der Waals surface area contributed by atoms with Crippen LogP contribution in [0.5, 0.6) is 0 Å². The Balaban J connectivity index is 4.34. The van der Waals surface area contributed by atoms with Gasteiger partial charge < -0.3 is 0 Å². The molecule has 0 rings (SSSR count). The summed E-state index contributed by atoms with van der Waals surface area (Å²) >= 11 is -1.33. The predicted molar refractivity (Wildman–Crippen MR) is 54.7 cm³/mol. The molecule has 13 heavy (non-hydrogen) atoms. The maximum absolute atomic E-state index is 11.6. The number of hydrogen-bond acceptors (Lipinski definition) is 2. The van der Waals surface area contributed by atoms with Crippen LogP contribution in [-0.2, 0) is 9.59 Å². The van der Waals surface area contributed by atoms with Crippen LogP contribution in [0.15, 0.2) is 0 Å². The van der Waals surface area contributed by atoms with Gasteiger partial charge in [-0.05, 0) is 0 Å². The first-order chi connectivity index (χ1) is 5.55. The minimum absolute atomic E-state index is 0.171. The summed E-state index contributed by atoms with van der Waals surface area (Å²) in [7, 11) is 0. The Morgan fingerprint density at radius 1 is 0.769 bits per heavy atom. The van der Waals surface area contributed by atoms with Crippen molar-refractivity contribution in [3.63, 3.8) is 0 Å². The van der Waals surface area contributed by atoms with Crippen molar-refractivity contribution < 1.29 is 9.59 Å². The fourth-order valence-corrected chi connectivity index (χ4v) is 2.87. The number of carbonyl (C=O) groups is 2. The molecule has 0 fully saturated rings. The summed E-state index contributed by atoms with van der Waals surface area (Å²) in [6, 6.07) is 0. The van der Waals surface area contributed by atoms with E-state index in [1.807, 2.05) is 41.5 Å². The van der Waals surface area contributed by atoms with Gasteiger partial charge in [0.25, 0.3) is 0 Å². The summed E-state index contributed by atoms with van der Waals surface area (Å²) in [5.74, 6) is 0. The SMILES string of the molecule is CC(C)(C)[C](=O)[Sb][C](=O)C(C)(C)C. The van der Waals surface area contributed by atoms with Gasteiger partial charge in [0.1, 0.15) is 0 Å². The van der Waals surface area contributed by atoms with Crippen molar-refractivity contribution in [3.8, 4) is 0 Å². The number of rotatable bonds is 2. The van der Waals surface area contributed by atoms with Gasteiger partial charge in [0, 0.05) is 0 Å². The van der Waals surface area contributed by atoms with E-state index in [1.54, 1.807) is 0 Å². The van der Waals surface area contributed by atoms with Crippen LogP contribution in [0.3, 0.4) is 0 Å². The van der Waals surface area contributed by atoms with Crippen LogP contribution in [0, 0.1) is 10.8 Å². The zero-order valence-electron chi connectivity index (χ0n) is 9.26. The summed E-state index contributed by atoms with van der Waals surface area (Å²) in [5.41, 5.74) is -0.670. The second kappa shape index (κ2) is 4.12. The molecule has 2 nitrogen and oxygen atoms in total. The molecule has 0 atom stereocenters. The molecular formula is C10H18O2Sb. The maximum atomic E-state index is 11.6. The topological polar surface area (TPSA) is 34.1 Å². The molecule has 0 heterocycles. The Labute approximate surface area is 91.0 Å². The average molecular weight is 292 g/mol. The minimum atomic E-state index is -1.33. The number of carbonyl (C=O) groups excluding carboxylic acids is 2. The van der Waals surface area contributed by atoms with Crippen LogP contribution in [0.25, 0.3) is 0 Å². The molecule has 0 saturated heterocycles. The molecule has 1 radical (unpaired) electrons. The predicted octanol–water partition coefficient (Wildman–Crippen LogP) is 1.84. The van der Waals surface area contributed by atoms with Gasteiger partial charge in [0.05, 0.1) is 0 Å². The molecule has 0 aromatic carbocycles. The van der Waals surface area contributed by atoms with Gasteiger partial charge in [-0.25, -0.2) is 0 Å². The van der Waals surface area contributed by atoms with Crippen LogP contribution in [0.2, 0.25) is 0 Å². The molecular weight excluding hydrogens is 274 g/mol. The summed E-state index contributed by atoms with van der Waals surface area (Å²) in [6.45, 7) is 11.3. The molecule has 0 aliphatic carbocycles. The Morgan fingerprint density at radius 3 is 1.15 bits per heavy atom. The van der Waals surface area contributed by atoms with Crippen molar-refractivity contribution in [2.45, 2.75) is 41.5 Å². The zero-order valence-corrected chi connectivity index (χ0v) is 11.8. The monoisotopic (exact) mass is 291 g/mol. The molecule has 0 spiro atoms. The van der Waals surface area contributed by atoms with E-state index < -0.39 is 21.6 Å². The third kappa shape index (κ3) is 4.81. The van der Waals surface area contributed by atoms with E-state index in [9.17, 15) is 9.59 Å². The summed E-state index contributed by atoms with van der Waals surface area (Å²) in [6.07, 6.45) is 0. The molecule has 0 unspecified atom stereocenters. The van der Waals surface area contributed by atoms with Gasteiger partial charge in [-0.3, -0.25) is 0 Å². The summed E-state index contributed by atoms with van der Waals surface area (Å²) in [4.78, 5) is 23.1. The zero-order chi connectivity index (χ0) is 10.9. The van der Waals surface area contributed by atoms with Crippen molar-refractivity contribution in [2.24, 2.45) is 10.8 Å². The van der Waals surface area contributed by atoms with Crippen molar-refractivity contribution in [3.05, 3.63) is 0 Å². The fraction of sp³-hybridized carbons (Fsp3) is 0.800. The summed E-state index contributed by atoms with van der Waals surface area (Å²) < 4.78 is 0.342. The van der Waals surface area contributed by atoms with Crippen molar-refractivity contribution >= 4 is 29.1 Å². The second-order valence-electron chi connectivity index (χ2n) is 5.22. The molecule has 0 amide bonds. The van der Waals surface area contributed by atoms with E-state index >= 15 is 0 Å². The normalized spacial score (nSPS) is 12.8. The third-order valence-electron chi connectivity index (χ3n) is 1.49. The van der Waals surface area contributed by atoms with E-state index in [4.69, 9.17) is 0 Å². The molecule has 0 aliphatic heterocycles. The van der Waals surface area contributed by atoms with Gasteiger partial charge in [0.15, 0.2) is 0 Å². The van der Waals surface area contributed by atoms with Crippen LogP contribution >= 0.6 is 0 Å².